The lowest BCUT2D eigenvalue weighted by Crippen LogP contribution is -2.26. The fourth-order valence-electron chi connectivity index (χ4n) is 4.68. The first-order valence-electron chi connectivity index (χ1n) is 13.0. The Hall–Kier alpha value is -4.20. The molecule has 0 radical (unpaired) electrons. The second kappa shape index (κ2) is 12.7. The van der Waals surface area contributed by atoms with Gasteiger partial charge in [-0.2, -0.15) is 0 Å². The molecule has 4 nitrogen and oxygen atoms in total. The molecule has 4 heteroatoms. The van der Waals surface area contributed by atoms with Crippen LogP contribution in [-0.4, -0.2) is 26.2 Å². The molecule has 0 N–H and O–H groups in total. The molecule has 0 aliphatic rings. The van der Waals surface area contributed by atoms with Gasteiger partial charge in [0.05, 0.1) is 13.1 Å². The zero-order valence-electron chi connectivity index (χ0n) is 21.1. The predicted molar refractivity (Wildman–Crippen MR) is 151 cm³/mol. The molecule has 0 unspecified atom stereocenters. The van der Waals surface area contributed by atoms with Gasteiger partial charge in [-0.05, 0) is 59.8 Å². The van der Waals surface area contributed by atoms with Crippen molar-refractivity contribution in [2.75, 3.05) is 6.54 Å². The van der Waals surface area contributed by atoms with Crippen molar-refractivity contribution in [3.05, 3.63) is 132 Å². The third-order valence-corrected chi connectivity index (χ3v) is 6.62. The van der Waals surface area contributed by atoms with Crippen LogP contribution in [0.5, 0.6) is 0 Å². The van der Waals surface area contributed by atoms with Crippen LogP contribution in [0.2, 0.25) is 0 Å². The van der Waals surface area contributed by atoms with Crippen molar-refractivity contribution < 1.29 is 0 Å². The van der Waals surface area contributed by atoms with Crippen molar-refractivity contribution in [3.63, 3.8) is 0 Å². The highest BCUT2D eigenvalue weighted by Crippen LogP contribution is 2.21. The summed E-state index contributed by atoms with van der Waals surface area (Å²) in [7, 11) is 0. The molecule has 0 aliphatic carbocycles. The van der Waals surface area contributed by atoms with E-state index >= 15 is 0 Å². The number of hydrogen-bond acceptors (Lipinski definition) is 3. The monoisotopic (exact) mass is 484 g/mol. The molecular formula is C33H32N4. The average molecular weight is 485 g/mol. The molecular weight excluding hydrogens is 452 g/mol. The van der Waals surface area contributed by atoms with Gasteiger partial charge in [0.2, 0.25) is 0 Å². The first kappa shape index (κ1) is 24.5. The minimum atomic E-state index is 0.577. The lowest BCUT2D eigenvalue weighted by molar-refractivity contribution is 0.243. The van der Waals surface area contributed by atoms with Gasteiger partial charge in [0.25, 0.3) is 0 Å². The summed E-state index contributed by atoms with van der Waals surface area (Å²) >= 11 is 0. The molecule has 0 saturated heterocycles. The number of benzene rings is 4. The van der Waals surface area contributed by atoms with E-state index in [4.69, 9.17) is 0 Å². The van der Waals surface area contributed by atoms with Crippen LogP contribution in [0.25, 0.3) is 10.8 Å². The Labute approximate surface area is 219 Å². The molecule has 0 bridgehead atoms. The zero-order chi connectivity index (χ0) is 25.1. The maximum Gasteiger partial charge on any atom is 0.147 e. The minimum Gasteiger partial charge on any atom is -0.305 e. The molecule has 0 saturated carbocycles. The van der Waals surface area contributed by atoms with Crippen molar-refractivity contribution in [2.24, 2.45) is 0 Å². The van der Waals surface area contributed by atoms with E-state index in [0.717, 1.165) is 50.3 Å². The molecule has 0 spiro atoms. The zero-order valence-corrected chi connectivity index (χ0v) is 21.1. The summed E-state index contributed by atoms with van der Waals surface area (Å²) in [6.07, 6.45) is 5.18. The molecule has 0 aliphatic heterocycles. The smallest absolute Gasteiger partial charge is 0.147 e. The van der Waals surface area contributed by atoms with Gasteiger partial charge in [0.1, 0.15) is 12.2 Å². The van der Waals surface area contributed by atoms with Crippen LogP contribution in [-0.2, 0) is 26.1 Å². The normalized spacial score (nSPS) is 10.9. The van der Waals surface area contributed by atoms with Crippen molar-refractivity contribution in [2.45, 2.75) is 38.9 Å². The van der Waals surface area contributed by atoms with Crippen LogP contribution in [0.3, 0.4) is 0 Å². The number of nitrogens with zero attached hydrogens (tertiary/aromatic N) is 4. The van der Waals surface area contributed by atoms with Crippen LogP contribution >= 0.6 is 0 Å². The summed E-state index contributed by atoms with van der Waals surface area (Å²) in [6, 6.07) is 36.1. The summed E-state index contributed by atoms with van der Waals surface area (Å²) in [6.45, 7) is 3.18. The van der Waals surface area contributed by atoms with Crippen LogP contribution in [0.4, 0.5) is 0 Å². The van der Waals surface area contributed by atoms with Gasteiger partial charge in [0, 0.05) is 12.1 Å². The summed E-state index contributed by atoms with van der Waals surface area (Å²) in [4.78, 5) is 2.50. The molecule has 0 fully saturated rings. The Morgan fingerprint density at radius 1 is 0.730 bits per heavy atom. The molecule has 0 amide bonds. The third kappa shape index (κ3) is 6.94. The number of unbranched alkanes of at least 4 members (excludes halogenated alkanes) is 1. The van der Waals surface area contributed by atoms with Gasteiger partial charge in [-0.3, -0.25) is 4.90 Å². The molecule has 5 rings (SSSR count). The largest absolute Gasteiger partial charge is 0.305 e. The Bertz CT molecular complexity index is 1460. The third-order valence-electron chi connectivity index (χ3n) is 6.62. The highest BCUT2D eigenvalue weighted by molar-refractivity contribution is 5.85. The van der Waals surface area contributed by atoms with E-state index in [0.29, 0.717) is 6.54 Å². The first-order valence-corrected chi connectivity index (χ1v) is 13.0. The van der Waals surface area contributed by atoms with E-state index < -0.39 is 0 Å². The topological polar surface area (TPSA) is 34.0 Å². The van der Waals surface area contributed by atoms with E-state index in [1.807, 2.05) is 30.3 Å². The number of aryl methyl sites for hydroxylation is 1. The first-order chi connectivity index (χ1) is 18.3. The molecule has 37 heavy (non-hydrogen) atoms. The SMILES string of the molecule is C(#Cc1ccccc1)Cn1cnnc1CN(CCCCc1ccccc1)Cc1cccc2ccccc12. The summed E-state index contributed by atoms with van der Waals surface area (Å²) in [5, 5.41) is 11.3. The lowest BCUT2D eigenvalue weighted by Gasteiger charge is -2.23. The Morgan fingerprint density at radius 2 is 1.49 bits per heavy atom. The van der Waals surface area contributed by atoms with Crippen molar-refractivity contribution >= 4 is 10.8 Å². The summed E-state index contributed by atoms with van der Waals surface area (Å²) < 4.78 is 2.07. The van der Waals surface area contributed by atoms with Gasteiger partial charge < -0.3 is 4.57 Å². The number of hydrogen-bond donors (Lipinski definition) is 0. The van der Waals surface area contributed by atoms with Gasteiger partial charge >= 0.3 is 0 Å². The van der Waals surface area contributed by atoms with E-state index in [2.05, 4.69) is 104 Å². The van der Waals surface area contributed by atoms with Crippen LogP contribution in [0, 0.1) is 11.8 Å². The molecule has 1 heterocycles. The molecule has 4 aromatic carbocycles. The maximum absolute atomic E-state index is 4.46. The standard InChI is InChI=1S/C33H32N4/c1-3-13-28(14-4-1)17-9-10-23-36(25-31-21-11-20-30-19-7-8-22-32(30)31)26-33-35-34-27-37(33)24-12-18-29-15-5-2-6-16-29/h1-8,11,13-16,19-22,27H,9-10,17,23-26H2. The second-order valence-corrected chi connectivity index (χ2v) is 9.33. The van der Waals surface area contributed by atoms with E-state index in [1.54, 1.807) is 6.33 Å². The fourth-order valence-corrected chi connectivity index (χ4v) is 4.68. The molecule has 184 valence electrons. The van der Waals surface area contributed by atoms with Gasteiger partial charge in [-0.15, -0.1) is 10.2 Å². The highest BCUT2D eigenvalue weighted by Gasteiger charge is 2.13. The average Bonchev–Trinajstić information content (AvgIpc) is 3.39. The summed E-state index contributed by atoms with van der Waals surface area (Å²) in [5.74, 6) is 7.47. The van der Waals surface area contributed by atoms with Gasteiger partial charge in [-0.1, -0.05) is 103 Å². The van der Waals surface area contributed by atoms with Crippen LogP contribution in [0.1, 0.15) is 35.4 Å². The van der Waals surface area contributed by atoms with Crippen molar-refractivity contribution in [1.82, 2.24) is 19.7 Å². The minimum absolute atomic E-state index is 0.577. The van der Waals surface area contributed by atoms with E-state index in [9.17, 15) is 0 Å². The van der Waals surface area contributed by atoms with E-state index in [1.165, 1.54) is 21.9 Å². The number of fused-ring (bicyclic) bond motifs is 1. The van der Waals surface area contributed by atoms with E-state index in [-0.39, 0.29) is 0 Å². The van der Waals surface area contributed by atoms with Crippen molar-refractivity contribution in [1.29, 1.82) is 0 Å². The van der Waals surface area contributed by atoms with Crippen LogP contribution < -0.4 is 0 Å². The Morgan fingerprint density at radius 3 is 2.35 bits per heavy atom. The molecule has 5 aromatic rings. The van der Waals surface area contributed by atoms with Gasteiger partial charge in [-0.25, -0.2) is 0 Å². The fraction of sp³-hybridized carbons (Fsp3) is 0.212. The lowest BCUT2D eigenvalue weighted by atomic mass is 10.0. The Balaban J connectivity index is 1.29. The van der Waals surface area contributed by atoms with Crippen molar-refractivity contribution in [3.8, 4) is 11.8 Å². The highest BCUT2D eigenvalue weighted by atomic mass is 15.3. The Kier molecular flexibility index (Phi) is 8.39. The maximum atomic E-state index is 4.46. The second-order valence-electron chi connectivity index (χ2n) is 9.33. The quantitative estimate of drug-likeness (QED) is 0.167. The molecule has 0 atom stereocenters. The number of aromatic nitrogens is 3. The predicted octanol–water partition coefficient (Wildman–Crippen LogP) is 6.51. The summed E-state index contributed by atoms with van der Waals surface area (Å²) in [5.41, 5.74) is 3.77. The van der Waals surface area contributed by atoms with Gasteiger partial charge in [0.15, 0.2) is 0 Å². The molecule has 1 aromatic heterocycles. The van der Waals surface area contributed by atoms with Crippen LogP contribution in [0.15, 0.2) is 109 Å². The number of rotatable bonds is 10.